The minimum Gasteiger partial charge on any atom is -0.337 e. The molecular formula is C13H12F5NO. The average molecular weight is 293 g/mol. The summed E-state index contributed by atoms with van der Waals surface area (Å²) in [6, 6.07) is 8.81. The van der Waals surface area contributed by atoms with Crippen molar-refractivity contribution in [2.24, 2.45) is 0 Å². The maximum Gasteiger partial charge on any atom is 0.463 e. The Balaban J connectivity index is 2.09. The molecule has 0 N–H and O–H groups in total. The molecule has 0 spiro atoms. The molecule has 7 heteroatoms. The van der Waals surface area contributed by atoms with Gasteiger partial charge in [0, 0.05) is 19.0 Å². The van der Waals surface area contributed by atoms with Crippen molar-refractivity contribution in [3.8, 4) is 0 Å². The number of carbonyl (C=O) groups excluding carboxylic acids is 1. The van der Waals surface area contributed by atoms with Crippen molar-refractivity contribution >= 4 is 5.91 Å². The first-order chi connectivity index (χ1) is 9.23. The van der Waals surface area contributed by atoms with Gasteiger partial charge in [-0.2, -0.15) is 22.0 Å². The summed E-state index contributed by atoms with van der Waals surface area (Å²) >= 11 is 0. The first-order valence-corrected chi connectivity index (χ1v) is 6.02. The molecule has 20 heavy (non-hydrogen) atoms. The van der Waals surface area contributed by atoms with Crippen LogP contribution in [0.15, 0.2) is 30.3 Å². The summed E-state index contributed by atoms with van der Waals surface area (Å²) in [5.41, 5.74) is 0.832. The summed E-state index contributed by atoms with van der Waals surface area (Å²) in [6.45, 7) is -0.210. The second kappa shape index (κ2) is 5.03. The number of halogens is 5. The highest BCUT2D eigenvalue weighted by molar-refractivity contribution is 5.84. The zero-order valence-electron chi connectivity index (χ0n) is 10.3. The van der Waals surface area contributed by atoms with Crippen molar-refractivity contribution < 1.29 is 26.7 Å². The lowest BCUT2D eigenvalue weighted by Crippen LogP contribution is -2.51. The van der Waals surface area contributed by atoms with Crippen LogP contribution in [0.25, 0.3) is 0 Å². The molecule has 0 radical (unpaired) electrons. The molecule has 1 aliphatic rings. The van der Waals surface area contributed by atoms with Gasteiger partial charge in [0.2, 0.25) is 0 Å². The number of hydrogen-bond acceptors (Lipinski definition) is 1. The number of likely N-dealkylation sites (tertiary alicyclic amines) is 1. The molecule has 1 aromatic carbocycles. The molecule has 1 heterocycles. The highest BCUT2D eigenvalue weighted by atomic mass is 19.4. The summed E-state index contributed by atoms with van der Waals surface area (Å²) in [4.78, 5) is 11.9. The predicted molar refractivity (Wildman–Crippen MR) is 61.4 cm³/mol. The van der Waals surface area contributed by atoms with E-state index in [1.54, 1.807) is 30.3 Å². The zero-order chi connectivity index (χ0) is 15.0. The molecule has 1 saturated heterocycles. The lowest BCUT2D eigenvalue weighted by Gasteiger charge is -2.24. The first-order valence-electron chi connectivity index (χ1n) is 6.02. The smallest absolute Gasteiger partial charge is 0.337 e. The van der Waals surface area contributed by atoms with Crippen LogP contribution in [0.1, 0.15) is 17.9 Å². The Kier molecular flexibility index (Phi) is 3.71. The number of benzene rings is 1. The van der Waals surface area contributed by atoms with E-state index in [1.165, 1.54) is 0 Å². The van der Waals surface area contributed by atoms with Crippen molar-refractivity contribution in [2.45, 2.75) is 24.4 Å². The largest absolute Gasteiger partial charge is 0.463 e. The fourth-order valence-electron chi connectivity index (χ4n) is 2.26. The van der Waals surface area contributed by atoms with Crippen LogP contribution in [-0.4, -0.2) is 36.0 Å². The van der Waals surface area contributed by atoms with E-state index in [0.717, 1.165) is 5.56 Å². The van der Waals surface area contributed by atoms with Gasteiger partial charge in [0.05, 0.1) is 0 Å². The van der Waals surface area contributed by atoms with Crippen molar-refractivity contribution in [1.82, 2.24) is 4.90 Å². The van der Waals surface area contributed by atoms with Crippen LogP contribution in [0.5, 0.6) is 0 Å². The average Bonchev–Trinajstić information content (AvgIpc) is 2.87. The molecule has 2 rings (SSSR count). The van der Waals surface area contributed by atoms with Crippen LogP contribution in [0.2, 0.25) is 0 Å². The summed E-state index contributed by atoms with van der Waals surface area (Å²) in [6.07, 6.45) is -5.47. The molecule has 0 bridgehead atoms. The van der Waals surface area contributed by atoms with Gasteiger partial charge in [-0.25, -0.2) is 0 Å². The minimum absolute atomic E-state index is 0.0932. The summed E-state index contributed by atoms with van der Waals surface area (Å²) in [5.74, 6) is -7.69. The van der Waals surface area contributed by atoms with Crippen molar-refractivity contribution in [1.29, 1.82) is 0 Å². The molecule has 1 atom stereocenters. The van der Waals surface area contributed by atoms with Gasteiger partial charge in [0.15, 0.2) is 0 Å². The Labute approximate surface area is 112 Å². The third-order valence-corrected chi connectivity index (χ3v) is 3.37. The number of amides is 1. The highest BCUT2D eigenvalue weighted by Gasteiger charge is 2.64. The third-order valence-electron chi connectivity index (χ3n) is 3.37. The molecule has 1 amide bonds. The van der Waals surface area contributed by atoms with E-state index in [0.29, 0.717) is 11.3 Å². The number of nitrogens with zero attached hydrogens (tertiary/aromatic N) is 1. The van der Waals surface area contributed by atoms with Gasteiger partial charge < -0.3 is 4.90 Å². The van der Waals surface area contributed by atoms with E-state index >= 15 is 0 Å². The van der Waals surface area contributed by atoms with Crippen LogP contribution in [0.4, 0.5) is 22.0 Å². The maximum atomic E-state index is 13.0. The molecule has 0 saturated carbocycles. The fourth-order valence-corrected chi connectivity index (χ4v) is 2.26. The van der Waals surface area contributed by atoms with E-state index in [1.807, 2.05) is 0 Å². The molecule has 1 aromatic rings. The van der Waals surface area contributed by atoms with Gasteiger partial charge in [-0.15, -0.1) is 0 Å². The van der Waals surface area contributed by atoms with Gasteiger partial charge in [0.25, 0.3) is 0 Å². The van der Waals surface area contributed by atoms with Gasteiger partial charge >= 0.3 is 18.0 Å². The van der Waals surface area contributed by atoms with Gasteiger partial charge in [-0.3, -0.25) is 4.79 Å². The summed E-state index contributed by atoms with van der Waals surface area (Å²) in [5, 5.41) is 0. The standard InChI is InChI=1S/C13H12F5NO/c14-12(15,13(16,17)18)11(20)19-7-6-10(8-19)9-4-2-1-3-5-9/h1-5,10H,6-8H2. The molecule has 1 unspecified atom stereocenters. The lowest BCUT2D eigenvalue weighted by molar-refractivity contribution is -0.274. The van der Waals surface area contributed by atoms with Gasteiger partial charge in [-0.1, -0.05) is 30.3 Å². The van der Waals surface area contributed by atoms with E-state index < -0.39 is 18.0 Å². The van der Waals surface area contributed by atoms with Gasteiger partial charge in [-0.05, 0) is 12.0 Å². The molecule has 110 valence electrons. The van der Waals surface area contributed by atoms with Gasteiger partial charge in [0.1, 0.15) is 0 Å². The number of alkyl halides is 5. The summed E-state index contributed by atoms with van der Waals surface area (Å²) in [7, 11) is 0. The Morgan fingerprint density at radius 2 is 1.70 bits per heavy atom. The monoisotopic (exact) mass is 293 g/mol. The second-order valence-corrected chi connectivity index (χ2v) is 4.72. The SMILES string of the molecule is O=C(N1CCC(c2ccccc2)C1)C(F)(F)C(F)(F)F. The number of hydrogen-bond donors (Lipinski definition) is 0. The van der Waals surface area contributed by atoms with E-state index in [2.05, 4.69) is 0 Å². The van der Waals surface area contributed by atoms with Crippen LogP contribution < -0.4 is 0 Å². The van der Waals surface area contributed by atoms with Crippen LogP contribution in [-0.2, 0) is 4.79 Å². The van der Waals surface area contributed by atoms with Crippen molar-refractivity contribution in [3.63, 3.8) is 0 Å². The Morgan fingerprint density at radius 3 is 2.25 bits per heavy atom. The van der Waals surface area contributed by atoms with Crippen molar-refractivity contribution in [2.75, 3.05) is 13.1 Å². The summed E-state index contributed by atoms with van der Waals surface area (Å²) < 4.78 is 62.5. The molecule has 0 aliphatic carbocycles. The quantitative estimate of drug-likeness (QED) is 0.767. The molecular weight excluding hydrogens is 281 g/mol. The molecule has 2 nitrogen and oxygen atoms in total. The topological polar surface area (TPSA) is 20.3 Å². The maximum absolute atomic E-state index is 13.0. The first kappa shape index (κ1) is 14.7. The van der Waals surface area contributed by atoms with Crippen LogP contribution >= 0.6 is 0 Å². The fraction of sp³-hybridized carbons (Fsp3) is 0.462. The lowest BCUT2D eigenvalue weighted by atomic mass is 9.99. The zero-order valence-corrected chi connectivity index (χ0v) is 10.3. The van der Waals surface area contributed by atoms with Crippen LogP contribution in [0.3, 0.4) is 0 Å². The van der Waals surface area contributed by atoms with Crippen LogP contribution in [0, 0.1) is 0 Å². The Hall–Kier alpha value is -1.66. The second-order valence-electron chi connectivity index (χ2n) is 4.72. The highest BCUT2D eigenvalue weighted by Crippen LogP contribution is 2.38. The Morgan fingerprint density at radius 1 is 1.10 bits per heavy atom. The minimum atomic E-state index is -5.85. The third kappa shape index (κ3) is 2.62. The van der Waals surface area contributed by atoms with E-state index in [9.17, 15) is 26.7 Å². The number of rotatable bonds is 2. The predicted octanol–water partition coefficient (Wildman–Crippen LogP) is 3.20. The van der Waals surface area contributed by atoms with Crippen molar-refractivity contribution in [3.05, 3.63) is 35.9 Å². The molecule has 1 aliphatic heterocycles. The molecule has 1 fully saturated rings. The van der Waals surface area contributed by atoms with E-state index in [-0.39, 0.29) is 19.0 Å². The van der Waals surface area contributed by atoms with E-state index in [4.69, 9.17) is 0 Å². The molecule has 0 aromatic heterocycles. The normalized spacial score (nSPS) is 20.2. The number of carbonyl (C=O) groups is 1. The Bertz CT molecular complexity index is 485.